The van der Waals surface area contributed by atoms with E-state index in [1.54, 1.807) is 75.7 Å². The Balaban J connectivity index is 1.61. The van der Waals surface area contributed by atoms with Gasteiger partial charge in [-0.3, -0.25) is 9.10 Å². The van der Waals surface area contributed by atoms with Crippen molar-refractivity contribution in [1.82, 2.24) is 5.32 Å². The van der Waals surface area contributed by atoms with E-state index < -0.39 is 28.1 Å². The molecule has 1 aliphatic rings. The van der Waals surface area contributed by atoms with Gasteiger partial charge in [-0.1, -0.05) is 12.1 Å². The molecule has 1 N–H and O–H groups in total. The minimum atomic E-state index is -3.99. The van der Waals surface area contributed by atoms with Crippen molar-refractivity contribution in [3.63, 3.8) is 0 Å². The molecule has 0 bridgehead atoms. The van der Waals surface area contributed by atoms with Gasteiger partial charge >= 0.3 is 0 Å². The lowest BCUT2D eigenvalue weighted by Gasteiger charge is -2.35. The number of rotatable bonds is 8. The molecule has 3 aromatic rings. The van der Waals surface area contributed by atoms with Gasteiger partial charge in [0.25, 0.3) is 15.9 Å². The molecule has 0 saturated carbocycles. The lowest BCUT2D eigenvalue weighted by molar-refractivity contribution is -0.128. The molecule has 190 valence electrons. The van der Waals surface area contributed by atoms with Gasteiger partial charge in [-0.15, -0.1) is 0 Å². The van der Waals surface area contributed by atoms with E-state index in [0.29, 0.717) is 34.2 Å². The highest BCUT2D eigenvalue weighted by Gasteiger charge is 2.38. The van der Waals surface area contributed by atoms with E-state index in [0.717, 1.165) is 0 Å². The number of sulfonamides is 1. The Hall–Kier alpha value is -3.92. The topological polar surface area (TPSA) is 103 Å². The van der Waals surface area contributed by atoms with Gasteiger partial charge in [0.2, 0.25) is 0 Å². The van der Waals surface area contributed by atoms with Crippen molar-refractivity contribution in [2.24, 2.45) is 0 Å². The summed E-state index contributed by atoms with van der Waals surface area (Å²) in [5.41, 5.74) is 1.07. The molecule has 0 saturated heterocycles. The van der Waals surface area contributed by atoms with Crippen LogP contribution in [-0.2, 0) is 14.8 Å². The number of para-hydroxylation sites is 2. The summed E-state index contributed by atoms with van der Waals surface area (Å²) in [6.07, 6.45) is -1.08. The lowest BCUT2D eigenvalue weighted by Crippen LogP contribution is -2.51. The third-order valence-electron chi connectivity index (χ3n) is 5.94. The summed E-state index contributed by atoms with van der Waals surface area (Å²) in [4.78, 5) is 13.4. The molecule has 0 radical (unpaired) electrons. The summed E-state index contributed by atoms with van der Waals surface area (Å²) in [5, 5.41) is 2.91. The Kier molecular flexibility index (Phi) is 7.25. The predicted molar refractivity (Wildman–Crippen MR) is 134 cm³/mol. The van der Waals surface area contributed by atoms with Crippen LogP contribution in [0.2, 0.25) is 0 Å². The van der Waals surface area contributed by atoms with Gasteiger partial charge in [-0.05, 0) is 61.5 Å². The van der Waals surface area contributed by atoms with Crippen molar-refractivity contribution in [2.75, 3.05) is 32.2 Å². The van der Waals surface area contributed by atoms with Crippen LogP contribution in [0.1, 0.15) is 18.5 Å². The smallest absolute Gasteiger partial charge is 0.264 e. The Morgan fingerprint density at radius 1 is 0.972 bits per heavy atom. The fraction of sp³-hybridized carbons (Fsp3) is 0.269. The summed E-state index contributed by atoms with van der Waals surface area (Å²) in [6, 6.07) is 17.7. The molecule has 0 unspecified atom stereocenters. The van der Waals surface area contributed by atoms with Crippen molar-refractivity contribution in [3.8, 4) is 23.0 Å². The van der Waals surface area contributed by atoms with Crippen molar-refractivity contribution in [1.29, 1.82) is 0 Å². The summed E-state index contributed by atoms with van der Waals surface area (Å²) in [6.45, 7) is 1.61. The summed E-state index contributed by atoms with van der Waals surface area (Å²) >= 11 is 0. The molecule has 0 spiro atoms. The van der Waals surface area contributed by atoms with Crippen LogP contribution in [0.3, 0.4) is 0 Å². The summed E-state index contributed by atoms with van der Waals surface area (Å²) < 4.78 is 50.2. The number of fused-ring (bicyclic) bond motifs is 1. The molecular formula is C26H28N2O7S. The number of hydrogen-bond donors (Lipinski definition) is 1. The van der Waals surface area contributed by atoms with Gasteiger partial charge in [0.15, 0.2) is 6.10 Å². The molecule has 4 rings (SSSR count). The van der Waals surface area contributed by atoms with E-state index in [-0.39, 0.29) is 11.4 Å². The number of carbonyl (C=O) groups is 1. The zero-order valence-corrected chi connectivity index (χ0v) is 21.2. The molecule has 2 atom stereocenters. The first-order valence-corrected chi connectivity index (χ1v) is 12.7. The molecule has 9 nitrogen and oxygen atoms in total. The lowest BCUT2D eigenvalue weighted by atomic mass is 10.1. The molecule has 0 aromatic heterocycles. The fourth-order valence-electron chi connectivity index (χ4n) is 4.00. The second-order valence-corrected chi connectivity index (χ2v) is 9.99. The molecule has 1 heterocycles. The highest BCUT2D eigenvalue weighted by molar-refractivity contribution is 7.92. The number of benzene rings is 3. The van der Waals surface area contributed by atoms with Crippen LogP contribution in [0.4, 0.5) is 5.69 Å². The van der Waals surface area contributed by atoms with Crippen LogP contribution in [0.15, 0.2) is 71.6 Å². The molecule has 3 aromatic carbocycles. The molecule has 1 aliphatic heterocycles. The van der Waals surface area contributed by atoms with Crippen LogP contribution in [0, 0.1) is 0 Å². The highest BCUT2D eigenvalue weighted by Crippen LogP contribution is 2.37. The Labute approximate surface area is 210 Å². The van der Waals surface area contributed by atoms with Gasteiger partial charge in [-0.2, -0.15) is 0 Å². The van der Waals surface area contributed by atoms with E-state index in [4.69, 9.17) is 18.9 Å². The summed E-state index contributed by atoms with van der Waals surface area (Å²) in [7, 11) is 0.621. The zero-order valence-electron chi connectivity index (χ0n) is 20.4. The van der Waals surface area contributed by atoms with E-state index in [1.165, 1.54) is 23.5 Å². The average Bonchev–Trinajstić information content (AvgIpc) is 2.91. The molecular weight excluding hydrogens is 484 g/mol. The molecule has 10 heteroatoms. The Morgan fingerprint density at radius 2 is 1.64 bits per heavy atom. The minimum absolute atomic E-state index is 0.0775. The number of ether oxygens (including phenoxy) is 4. The number of amides is 1. The predicted octanol–water partition coefficient (Wildman–Crippen LogP) is 3.55. The second-order valence-electron chi connectivity index (χ2n) is 8.12. The number of carbonyl (C=O) groups excluding carboxylic acids is 1. The first kappa shape index (κ1) is 25.2. The number of methoxy groups -OCH3 is 3. The van der Waals surface area contributed by atoms with Crippen molar-refractivity contribution in [2.45, 2.75) is 24.0 Å². The van der Waals surface area contributed by atoms with E-state index in [9.17, 15) is 13.2 Å². The van der Waals surface area contributed by atoms with Gasteiger partial charge in [0.1, 0.15) is 23.0 Å². The summed E-state index contributed by atoms with van der Waals surface area (Å²) in [5.74, 6) is 1.58. The molecule has 1 amide bonds. The minimum Gasteiger partial charge on any atom is -0.497 e. The average molecular weight is 513 g/mol. The van der Waals surface area contributed by atoms with Crippen LogP contribution >= 0.6 is 0 Å². The molecule has 0 aliphatic carbocycles. The standard InChI is InChI=1S/C26H28N2O7S/c1-17(21-15-19(33-3)11-14-23(21)34-4)27-26(29)25-16-28(22-7-5-6-8-24(22)35-25)36(30,31)20-12-9-18(32-2)10-13-20/h5-15,17,25H,16H2,1-4H3,(H,27,29)/t17-,25-/m0/s1. The highest BCUT2D eigenvalue weighted by atomic mass is 32.2. The van der Waals surface area contributed by atoms with Crippen molar-refractivity contribution < 1.29 is 32.2 Å². The number of nitrogens with zero attached hydrogens (tertiary/aromatic N) is 1. The Bertz CT molecular complexity index is 1340. The quantitative estimate of drug-likeness (QED) is 0.492. The van der Waals surface area contributed by atoms with Crippen LogP contribution in [-0.4, -0.2) is 48.3 Å². The Morgan fingerprint density at radius 3 is 2.31 bits per heavy atom. The van der Waals surface area contributed by atoms with Crippen LogP contribution in [0.25, 0.3) is 0 Å². The fourth-order valence-corrected chi connectivity index (χ4v) is 5.48. The maximum Gasteiger partial charge on any atom is 0.264 e. The first-order valence-electron chi connectivity index (χ1n) is 11.2. The maximum atomic E-state index is 13.6. The molecule has 0 fully saturated rings. The third-order valence-corrected chi connectivity index (χ3v) is 7.73. The second kappa shape index (κ2) is 10.4. The normalized spacial score (nSPS) is 15.8. The maximum absolute atomic E-state index is 13.6. The zero-order chi connectivity index (χ0) is 25.9. The van der Waals surface area contributed by atoms with Crippen LogP contribution in [0.5, 0.6) is 23.0 Å². The number of nitrogens with one attached hydrogen (secondary N) is 1. The third kappa shape index (κ3) is 4.90. The monoisotopic (exact) mass is 512 g/mol. The largest absolute Gasteiger partial charge is 0.497 e. The SMILES string of the molecule is COc1ccc(S(=O)(=O)N2C[C@@H](C(=O)N[C@@H](C)c3cc(OC)ccc3OC)Oc3ccccc32)cc1. The van der Waals surface area contributed by atoms with Gasteiger partial charge in [-0.25, -0.2) is 8.42 Å². The van der Waals surface area contributed by atoms with Crippen LogP contribution < -0.4 is 28.6 Å². The number of hydrogen-bond acceptors (Lipinski definition) is 7. The number of anilines is 1. The van der Waals surface area contributed by atoms with E-state index in [2.05, 4.69) is 5.32 Å². The van der Waals surface area contributed by atoms with Crippen molar-refractivity contribution in [3.05, 3.63) is 72.3 Å². The van der Waals surface area contributed by atoms with Crippen molar-refractivity contribution >= 4 is 21.6 Å². The van der Waals surface area contributed by atoms with Gasteiger partial charge in [0.05, 0.1) is 44.5 Å². The van der Waals surface area contributed by atoms with Gasteiger partial charge < -0.3 is 24.3 Å². The first-order chi connectivity index (χ1) is 17.3. The molecule has 36 heavy (non-hydrogen) atoms. The van der Waals surface area contributed by atoms with Gasteiger partial charge in [0, 0.05) is 5.56 Å². The van der Waals surface area contributed by atoms with E-state index >= 15 is 0 Å². The van der Waals surface area contributed by atoms with E-state index in [1.807, 2.05) is 0 Å².